The second-order valence-electron chi connectivity index (χ2n) is 5.86. The molecule has 0 radical (unpaired) electrons. The van der Waals surface area contributed by atoms with Crippen molar-refractivity contribution in [2.24, 2.45) is 5.73 Å². The van der Waals surface area contributed by atoms with Crippen molar-refractivity contribution >= 4 is 17.7 Å². The zero-order chi connectivity index (χ0) is 15.9. The standard InChI is InChI=1S/C16H19N3O3/c1-10-4-5-12-13(7-10)16(22)19(15(12)21)9-14(20)18-6-2-3-11(18)8-17/h4-5,7,11H,2-3,6,8-9,17H2,1H3. The summed E-state index contributed by atoms with van der Waals surface area (Å²) < 4.78 is 0. The molecule has 22 heavy (non-hydrogen) atoms. The molecule has 2 N–H and O–H groups in total. The highest BCUT2D eigenvalue weighted by Gasteiger charge is 2.38. The molecule has 0 aromatic heterocycles. The lowest BCUT2D eigenvalue weighted by Gasteiger charge is -2.25. The summed E-state index contributed by atoms with van der Waals surface area (Å²) in [6, 6.07) is 5.15. The van der Waals surface area contributed by atoms with Crippen LogP contribution in [0.15, 0.2) is 18.2 Å². The van der Waals surface area contributed by atoms with E-state index in [1.165, 1.54) is 0 Å². The van der Waals surface area contributed by atoms with E-state index in [1.807, 2.05) is 6.92 Å². The molecule has 1 unspecified atom stereocenters. The van der Waals surface area contributed by atoms with E-state index in [1.54, 1.807) is 23.1 Å². The molecule has 6 heteroatoms. The number of aryl methyl sites for hydroxylation is 1. The van der Waals surface area contributed by atoms with E-state index in [0.717, 1.165) is 23.3 Å². The van der Waals surface area contributed by atoms with Gasteiger partial charge in [-0.15, -0.1) is 0 Å². The maximum atomic E-state index is 12.4. The molecule has 2 aliphatic heterocycles. The van der Waals surface area contributed by atoms with Crippen LogP contribution in [0.4, 0.5) is 0 Å². The molecule has 1 saturated heterocycles. The fourth-order valence-corrected chi connectivity index (χ4v) is 3.18. The second-order valence-corrected chi connectivity index (χ2v) is 5.86. The van der Waals surface area contributed by atoms with Crippen LogP contribution in [0.5, 0.6) is 0 Å². The number of likely N-dealkylation sites (tertiary alicyclic amines) is 1. The Morgan fingerprint density at radius 2 is 2.00 bits per heavy atom. The van der Waals surface area contributed by atoms with Crippen molar-refractivity contribution in [2.75, 3.05) is 19.6 Å². The molecule has 0 bridgehead atoms. The highest BCUT2D eigenvalue weighted by Crippen LogP contribution is 2.24. The van der Waals surface area contributed by atoms with Gasteiger partial charge < -0.3 is 10.6 Å². The molecule has 1 aromatic rings. The van der Waals surface area contributed by atoms with Gasteiger partial charge in [0.05, 0.1) is 11.1 Å². The van der Waals surface area contributed by atoms with E-state index in [2.05, 4.69) is 0 Å². The van der Waals surface area contributed by atoms with Gasteiger partial charge in [0.15, 0.2) is 0 Å². The number of rotatable bonds is 3. The van der Waals surface area contributed by atoms with Crippen LogP contribution in [-0.4, -0.2) is 53.2 Å². The van der Waals surface area contributed by atoms with Crippen LogP contribution in [0.25, 0.3) is 0 Å². The van der Waals surface area contributed by atoms with Crippen LogP contribution in [0, 0.1) is 6.92 Å². The third-order valence-corrected chi connectivity index (χ3v) is 4.39. The maximum absolute atomic E-state index is 12.4. The number of carbonyl (C=O) groups excluding carboxylic acids is 3. The lowest BCUT2D eigenvalue weighted by molar-refractivity contribution is -0.132. The average Bonchev–Trinajstić information content (AvgIpc) is 3.06. The minimum absolute atomic E-state index is 0.0185. The number of amides is 3. The van der Waals surface area contributed by atoms with E-state index in [9.17, 15) is 14.4 Å². The Morgan fingerprint density at radius 1 is 1.27 bits per heavy atom. The molecule has 3 rings (SSSR count). The third-order valence-electron chi connectivity index (χ3n) is 4.39. The Hall–Kier alpha value is -2.21. The summed E-state index contributed by atoms with van der Waals surface area (Å²) in [7, 11) is 0. The second kappa shape index (κ2) is 5.53. The van der Waals surface area contributed by atoms with Gasteiger partial charge in [0.25, 0.3) is 11.8 Å². The molecule has 0 spiro atoms. The van der Waals surface area contributed by atoms with Crippen LogP contribution < -0.4 is 5.73 Å². The summed E-state index contributed by atoms with van der Waals surface area (Å²) in [5, 5.41) is 0. The molecular weight excluding hydrogens is 282 g/mol. The number of hydrogen-bond acceptors (Lipinski definition) is 4. The van der Waals surface area contributed by atoms with E-state index < -0.39 is 5.91 Å². The Labute approximate surface area is 128 Å². The van der Waals surface area contributed by atoms with Crippen LogP contribution in [0.3, 0.4) is 0 Å². The van der Waals surface area contributed by atoms with E-state index in [0.29, 0.717) is 24.2 Å². The van der Waals surface area contributed by atoms with Gasteiger partial charge in [-0.25, -0.2) is 0 Å². The van der Waals surface area contributed by atoms with Gasteiger partial charge in [-0.3, -0.25) is 19.3 Å². The number of carbonyl (C=O) groups is 3. The van der Waals surface area contributed by atoms with Gasteiger partial charge in [-0.1, -0.05) is 11.6 Å². The van der Waals surface area contributed by atoms with Crippen LogP contribution in [0.2, 0.25) is 0 Å². The first-order valence-electron chi connectivity index (χ1n) is 7.49. The molecule has 2 aliphatic rings. The predicted molar refractivity (Wildman–Crippen MR) is 80.3 cm³/mol. The van der Waals surface area contributed by atoms with Gasteiger partial charge >= 0.3 is 0 Å². The largest absolute Gasteiger partial charge is 0.337 e. The zero-order valence-electron chi connectivity index (χ0n) is 12.5. The number of benzene rings is 1. The van der Waals surface area contributed by atoms with Crippen molar-refractivity contribution in [3.63, 3.8) is 0 Å². The highest BCUT2D eigenvalue weighted by atomic mass is 16.2. The van der Waals surface area contributed by atoms with E-state index >= 15 is 0 Å². The number of fused-ring (bicyclic) bond motifs is 1. The molecule has 0 aliphatic carbocycles. The van der Waals surface area contributed by atoms with Crippen molar-refractivity contribution < 1.29 is 14.4 Å². The lowest BCUT2D eigenvalue weighted by Crippen LogP contribution is -2.46. The third kappa shape index (κ3) is 2.29. The first-order chi connectivity index (χ1) is 10.5. The maximum Gasteiger partial charge on any atom is 0.262 e. The monoisotopic (exact) mass is 301 g/mol. The zero-order valence-corrected chi connectivity index (χ0v) is 12.5. The smallest absolute Gasteiger partial charge is 0.262 e. The quantitative estimate of drug-likeness (QED) is 0.826. The van der Waals surface area contributed by atoms with Crippen molar-refractivity contribution in [2.45, 2.75) is 25.8 Å². The first-order valence-corrected chi connectivity index (χ1v) is 7.49. The predicted octanol–water partition coefficient (Wildman–Crippen LogP) is 0.541. The van der Waals surface area contributed by atoms with E-state index in [4.69, 9.17) is 5.73 Å². The molecule has 116 valence electrons. The average molecular weight is 301 g/mol. The molecule has 0 saturated carbocycles. The fraction of sp³-hybridized carbons (Fsp3) is 0.438. The summed E-state index contributed by atoms with van der Waals surface area (Å²) in [5.74, 6) is -0.989. The number of hydrogen-bond donors (Lipinski definition) is 1. The normalized spacial score (nSPS) is 20.7. The molecule has 3 amide bonds. The summed E-state index contributed by atoms with van der Waals surface area (Å²) in [6.07, 6.45) is 1.79. The molecule has 1 aromatic carbocycles. The Kier molecular flexibility index (Phi) is 3.70. The van der Waals surface area contributed by atoms with Gasteiger partial charge in [0.2, 0.25) is 5.91 Å². The summed E-state index contributed by atoms with van der Waals surface area (Å²) in [6.45, 7) is 2.71. The topological polar surface area (TPSA) is 83.7 Å². The van der Waals surface area contributed by atoms with Gasteiger partial charge in [0.1, 0.15) is 6.54 Å². The lowest BCUT2D eigenvalue weighted by atomic mass is 10.1. The van der Waals surface area contributed by atoms with Gasteiger partial charge in [-0.2, -0.15) is 0 Å². The highest BCUT2D eigenvalue weighted by molar-refractivity contribution is 6.22. The van der Waals surface area contributed by atoms with Crippen molar-refractivity contribution in [3.05, 3.63) is 34.9 Å². The number of imide groups is 1. The van der Waals surface area contributed by atoms with Gasteiger partial charge in [0, 0.05) is 19.1 Å². The summed E-state index contributed by atoms with van der Waals surface area (Å²) in [4.78, 5) is 39.8. The summed E-state index contributed by atoms with van der Waals surface area (Å²) in [5.41, 5.74) is 7.34. The number of nitrogens with zero attached hydrogens (tertiary/aromatic N) is 2. The van der Waals surface area contributed by atoms with E-state index in [-0.39, 0.29) is 24.4 Å². The fourth-order valence-electron chi connectivity index (χ4n) is 3.18. The molecule has 1 fully saturated rings. The Bertz CT molecular complexity index is 656. The van der Waals surface area contributed by atoms with Crippen LogP contribution in [-0.2, 0) is 4.79 Å². The summed E-state index contributed by atoms with van der Waals surface area (Å²) >= 11 is 0. The molecular formula is C16H19N3O3. The van der Waals surface area contributed by atoms with Crippen LogP contribution >= 0.6 is 0 Å². The molecule has 1 atom stereocenters. The SMILES string of the molecule is Cc1ccc2c(c1)C(=O)N(CC(=O)N1CCCC1CN)C2=O. The minimum atomic E-state index is -0.392. The van der Waals surface area contributed by atoms with Crippen LogP contribution in [0.1, 0.15) is 39.1 Å². The molecule has 2 heterocycles. The van der Waals surface area contributed by atoms with Crippen molar-refractivity contribution in [1.82, 2.24) is 9.80 Å². The first kappa shape index (κ1) is 14.7. The Morgan fingerprint density at radius 3 is 2.73 bits per heavy atom. The van der Waals surface area contributed by atoms with Crippen molar-refractivity contribution in [1.29, 1.82) is 0 Å². The molecule has 6 nitrogen and oxygen atoms in total. The minimum Gasteiger partial charge on any atom is -0.337 e. The Balaban J connectivity index is 1.78. The van der Waals surface area contributed by atoms with Gasteiger partial charge in [-0.05, 0) is 31.9 Å². The van der Waals surface area contributed by atoms with Crippen molar-refractivity contribution in [3.8, 4) is 0 Å². The number of nitrogens with two attached hydrogens (primary N) is 1.